The summed E-state index contributed by atoms with van der Waals surface area (Å²) in [6.07, 6.45) is 5.37. The van der Waals surface area contributed by atoms with Crippen LogP contribution in [0, 0.1) is 11.8 Å². The summed E-state index contributed by atoms with van der Waals surface area (Å²) in [6.45, 7) is 7.80. The molecule has 1 aliphatic rings. The molecule has 1 nitrogen and oxygen atoms in total. The monoisotopic (exact) mass is 217 g/mol. The van der Waals surface area contributed by atoms with Gasteiger partial charge in [0.15, 0.2) is 0 Å². The Labute approximate surface area is 99.6 Å². The average molecular weight is 217 g/mol. The van der Waals surface area contributed by atoms with Crippen LogP contribution in [0.15, 0.2) is 42.6 Å². The lowest BCUT2D eigenvalue weighted by molar-refractivity contribution is 0.647. The van der Waals surface area contributed by atoms with Gasteiger partial charge in [0.1, 0.15) is 0 Å². The first-order valence-electron chi connectivity index (χ1n) is 6.12. The molecule has 0 amide bonds. The molecule has 88 valence electrons. The maximum atomic E-state index is 3.09. The van der Waals surface area contributed by atoms with Crippen LogP contribution in [0.4, 0.5) is 0 Å². The van der Waals surface area contributed by atoms with E-state index in [1.54, 1.807) is 0 Å². The van der Waals surface area contributed by atoms with E-state index in [2.05, 4.69) is 62.5 Å². The van der Waals surface area contributed by atoms with Crippen LogP contribution in [0.3, 0.4) is 0 Å². The van der Waals surface area contributed by atoms with Gasteiger partial charge in [-0.1, -0.05) is 57.2 Å². The van der Waals surface area contributed by atoms with Gasteiger partial charge in [-0.05, 0) is 30.0 Å². The predicted molar refractivity (Wildman–Crippen MR) is 71.3 cm³/mol. The van der Waals surface area contributed by atoms with Crippen molar-refractivity contribution in [2.45, 2.75) is 27.2 Å². The highest BCUT2D eigenvalue weighted by Crippen LogP contribution is 2.06. The Morgan fingerprint density at radius 1 is 1.25 bits per heavy atom. The molecule has 1 unspecified atom stereocenters. The van der Waals surface area contributed by atoms with Crippen molar-refractivity contribution in [1.29, 1.82) is 0 Å². The summed E-state index contributed by atoms with van der Waals surface area (Å²) in [5, 5.41) is 3.09. The van der Waals surface area contributed by atoms with Gasteiger partial charge < -0.3 is 5.32 Å². The lowest BCUT2D eigenvalue weighted by Gasteiger charge is -2.02. The van der Waals surface area contributed by atoms with Gasteiger partial charge in [0.25, 0.3) is 0 Å². The van der Waals surface area contributed by atoms with E-state index in [0.29, 0.717) is 0 Å². The molecule has 0 aromatic heterocycles. The first-order valence-corrected chi connectivity index (χ1v) is 6.12. The molecule has 1 aromatic carbocycles. The van der Waals surface area contributed by atoms with Crippen LogP contribution in [-0.2, 0) is 6.42 Å². The van der Waals surface area contributed by atoms with Gasteiger partial charge in [0.05, 0.1) is 0 Å². The van der Waals surface area contributed by atoms with Gasteiger partial charge in [-0.25, -0.2) is 0 Å². The fraction of sp³-hybridized carbons (Fsp3) is 0.467. The number of benzene rings is 1. The van der Waals surface area contributed by atoms with Crippen LogP contribution in [0.25, 0.3) is 0 Å². The minimum atomic E-state index is 0.755. The summed E-state index contributed by atoms with van der Waals surface area (Å²) in [5.74, 6) is 1.52. The molecule has 0 saturated carbocycles. The Hall–Kier alpha value is -1.24. The summed E-state index contributed by atoms with van der Waals surface area (Å²) in [4.78, 5) is 0. The summed E-state index contributed by atoms with van der Waals surface area (Å²) in [5.41, 5.74) is 1.44. The highest BCUT2D eigenvalue weighted by atomic mass is 14.8. The minimum absolute atomic E-state index is 0.755. The summed E-state index contributed by atoms with van der Waals surface area (Å²) >= 11 is 0. The molecule has 1 heterocycles. The number of hydrogen-bond acceptors (Lipinski definition) is 1. The van der Waals surface area contributed by atoms with Crippen molar-refractivity contribution < 1.29 is 0 Å². The van der Waals surface area contributed by atoms with Crippen LogP contribution >= 0.6 is 0 Å². The lowest BCUT2D eigenvalue weighted by atomic mass is 10.0. The fourth-order valence-corrected chi connectivity index (χ4v) is 1.64. The molecule has 0 radical (unpaired) electrons. The highest BCUT2D eigenvalue weighted by molar-refractivity contribution is 5.14. The van der Waals surface area contributed by atoms with Crippen LogP contribution in [0.1, 0.15) is 26.3 Å². The smallest absolute Gasteiger partial charge is 0.0202 e. The minimum Gasteiger partial charge on any atom is -0.391 e. The molecule has 1 N–H and O–H groups in total. The number of nitrogens with one attached hydrogen (secondary N) is 1. The predicted octanol–water partition coefficient (Wildman–Crippen LogP) is 3.62. The quantitative estimate of drug-likeness (QED) is 0.797. The van der Waals surface area contributed by atoms with E-state index >= 15 is 0 Å². The SMILES string of the molecule is CC(C)Cc1ccccc1.CC1C=CNC1. The third-order valence-corrected chi connectivity index (χ3v) is 2.47. The Balaban J connectivity index is 0.000000181. The Kier molecular flexibility index (Phi) is 5.69. The van der Waals surface area contributed by atoms with Gasteiger partial charge in [0.2, 0.25) is 0 Å². The van der Waals surface area contributed by atoms with Crippen molar-refractivity contribution in [2.75, 3.05) is 6.54 Å². The maximum absolute atomic E-state index is 3.09. The van der Waals surface area contributed by atoms with Gasteiger partial charge in [-0.2, -0.15) is 0 Å². The topological polar surface area (TPSA) is 12.0 Å². The normalized spacial score (nSPS) is 17.9. The van der Waals surface area contributed by atoms with Gasteiger partial charge >= 0.3 is 0 Å². The zero-order valence-electron chi connectivity index (χ0n) is 10.6. The molecule has 0 bridgehead atoms. The highest BCUT2D eigenvalue weighted by Gasteiger charge is 1.97. The van der Waals surface area contributed by atoms with E-state index < -0.39 is 0 Å². The number of hydrogen-bond donors (Lipinski definition) is 1. The fourth-order valence-electron chi connectivity index (χ4n) is 1.64. The van der Waals surface area contributed by atoms with Crippen LogP contribution < -0.4 is 5.32 Å². The first-order chi connectivity index (χ1) is 7.68. The number of rotatable bonds is 2. The van der Waals surface area contributed by atoms with Crippen molar-refractivity contribution in [2.24, 2.45) is 11.8 Å². The first kappa shape index (κ1) is 12.8. The molecule has 0 saturated heterocycles. The second kappa shape index (κ2) is 7.10. The van der Waals surface area contributed by atoms with E-state index in [0.717, 1.165) is 18.4 Å². The van der Waals surface area contributed by atoms with Crippen molar-refractivity contribution in [3.63, 3.8) is 0 Å². The molecule has 0 aliphatic carbocycles. The molecule has 2 rings (SSSR count). The van der Waals surface area contributed by atoms with Crippen molar-refractivity contribution >= 4 is 0 Å². The molecular formula is C15H23N. The molecular weight excluding hydrogens is 194 g/mol. The molecule has 1 atom stereocenters. The Morgan fingerprint density at radius 3 is 2.31 bits per heavy atom. The van der Waals surface area contributed by atoms with E-state index in [1.165, 1.54) is 12.0 Å². The van der Waals surface area contributed by atoms with Gasteiger partial charge in [-0.3, -0.25) is 0 Å². The van der Waals surface area contributed by atoms with Crippen molar-refractivity contribution in [3.05, 3.63) is 48.2 Å². The Bertz CT molecular complexity index is 300. The van der Waals surface area contributed by atoms with Crippen molar-refractivity contribution in [3.8, 4) is 0 Å². The molecule has 16 heavy (non-hydrogen) atoms. The third-order valence-electron chi connectivity index (χ3n) is 2.47. The van der Waals surface area contributed by atoms with Gasteiger partial charge in [-0.15, -0.1) is 0 Å². The van der Waals surface area contributed by atoms with E-state index in [-0.39, 0.29) is 0 Å². The summed E-state index contributed by atoms with van der Waals surface area (Å²) < 4.78 is 0. The Morgan fingerprint density at radius 2 is 1.94 bits per heavy atom. The van der Waals surface area contributed by atoms with Crippen LogP contribution in [0.5, 0.6) is 0 Å². The molecule has 1 aromatic rings. The second-order valence-electron chi connectivity index (χ2n) is 4.83. The lowest BCUT2D eigenvalue weighted by Crippen LogP contribution is -2.04. The zero-order valence-corrected chi connectivity index (χ0v) is 10.6. The zero-order chi connectivity index (χ0) is 11.8. The average Bonchev–Trinajstić information content (AvgIpc) is 2.71. The molecule has 1 aliphatic heterocycles. The van der Waals surface area contributed by atoms with E-state index in [1.807, 2.05) is 6.20 Å². The molecule has 1 heteroatoms. The van der Waals surface area contributed by atoms with E-state index in [9.17, 15) is 0 Å². The van der Waals surface area contributed by atoms with Gasteiger partial charge in [0, 0.05) is 6.54 Å². The van der Waals surface area contributed by atoms with Crippen molar-refractivity contribution in [1.82, 2.24) is 5.32 Å². The maximum Gasteiger partial charge on any atom is 0.0202 e. The second-order valence-corrected chi connectivity index (χ2v) is 4.83. The standard InChI is InChI=1S/C10H14.C5H9N/c1-9(2)8-10-6-4-3-5-7-10;1-5-2-3-6-4-5/h3-7,9H,8H2,1-2H3;2-3,5-6H,4H2,1H3. The molecule has 0 fully saturated rings. The van der Waals surface area contributed by atoms with E-state index in [4.69, 9.17) is 0 Å². The summed E-state index contributed by atoms with van der Waals surface area (Å²) in [7, 11) is 0. The largest absolute Gasteiger partial charge is 0.391 e. The van der Waals surface area contributed by atoms with Crippen LogP contribution in [-0.4, -0.2) is 6.54 Å². The third kappa shape index (κ3) is 5.59. The molecule has 0 spiro atoms. The summed E-state index contributed by atoms with van der Waals surface area (Å²) in [6, 6.07) is 10.6. The van der Waals surface area contributed by atoms with Crippen LogP contribution in [0.2, 0.25) is 0 Å².